The van der Waals surface area contributed by atoms with Gasteiger partial charge in [0.1, 0.15) is 16.5 Å². The number of hydrogen-bond acceptors (Lipinski definition) is 9. The van der Waals surface area contributed by atoms with Gasteiger partial charge in [-0.05, 0) is 30.7 Å². The molecule has 180 valence electrons. The number of benzene rings is 1. The van der Waals surface area contributed by atoms with Crippen LogP contribution < -0.4 is 15.4 Å². The van der Waals surface area contributed by atoms with Gasteiger partial charge in [-0.15, -0.1) is 0 Å². The highest BCUT2D eigenvalue weighted by Gasteiger charge is 2.38. The van der Waals surface area contributed by atoms with Gasteiger partial charge in [0.15, 0.2) is 5.13 Å². The second kappa shape index (κ2) is 12.4. The lowest BCUT2D eigenvalue weighted by Crippen LogP contribution is -2.21. The summed E-state index contributed by atoms with van der Waals surface area (Å²) < 4.78 is 41.6. The summed E-state index contributed by atoms with van der Waals surface area (Å²) in [6, 6.07) is 6.38. The van der Waals surface area contributed by atoms with Crippen molar-refractivity contribution in [2.45, 2.75) is 19.0 Å². The topological polar surface area (TPSA) is 156 Å². The standard InChI is InChI=1S/C17H20N4O4S.C2HF3O2/c1-21(9-3-4-14(22)24-2)17-20-10-13(26-17)16(23)25-12-7-5-11(6-8-12)15(18)19;3-2(4,5)1(6)7/h5-8,10H,3-4,9H2,1-2H3,(H3,18,19);(H,6,7). The first-order valence-electron chi connectivity index (χ1n) is 9.05. The lowest BCUT2D eigenvalue weighted by atomic mass is 10.2. The molecule has 2 aromatic rings. The third kappa shape index (κ3) is 9.55. The number of nitrogens with two attached hydrogens (primary N) is 1. The average molecular weight is 490 g/mol. The molecule has 0 aliphatic heterocycles. The molecule has 0 aliphatic rings. The van der Waals surface area contributed by atoms with Crippen LogP contribution >= 0.6 is 11.3 Å². The monoisotopic (exact) mass is 490 g/mol. The van der Waals surface area contributed by atoms with E-state index in [1.807, 2.05) is 11.9 Å². The van der Waals surface area contributed by atoms with Gasteiger partial charge in [0, 0.05) is 25.6 Å². The van der Waals surface area contributed by atoms with Gasteiger partial charge in [-0.2, -0.15) is 13.2 Å². The van der Waals surface area contributed by atoms with E-state index in [4.69, 9.17) is 25.8 Å². The van der Waals surface area contributed by atoms with Crippen molar-refractivity contribution in [1.29, 1.82) is 5.41 Å². The van der Waals surface area contributed by atoms with E-state index in [1.165, 1.54) is 24.6 Å². The number of aliphatic carboxylic acids is 1. The quantitative estimate of drug-likeness (QED) is 0.219. The van der Waals surface area contributed by atoms with Crippen molar-refractivity contribution in [3.8, 4) is 5.75 Å². The molecule has 0 fully saturated rings. The van der Waals surface area contributed by atoms with Gasteiger partial charge in [0.25, 0.3) is 0 Å². The predicted molar refractivity (Wildman–Crippen MR) is 113 cm³/mol. The predicted octanol–water partition coefficient (Wildman–Crippen LogP) is 2.67. The van der Waals surface area contributed by atoms with Gasteiger partial charge in [0.2, 0.25) is 0 Å². The van der Waals surface area contributed by atoms with Crippen LogP contribution in [0.1, 0.15) is 28.1 Å². The van der Waals surface area contributed by atoms with Crippen LogP contribution in [-0.2, 0) is 14.3 Å². The van der Waals surface area contributed by atoms with Crippen molar-refractivity contribution in [2.24, 2.45) is 5.73 Å². The highest BCUT2D eigenvalue weighted by molar-refractivity contribution is 7.17. The number of aromatic nitrogens is 1. The number of esters is 2. The molecular weight excluding hydrogens is 469 g/mol. The van der Waals surface area contributed by atoms with Gasteiger partial charge in [0.05, 0.1) is 13.3 Å². The fourth-order valence-corrected chi connectivity index (χ4v) is 2.83. The van der Waals surface area contributed by atoms with Crippen LogP contribution in [0, 0.1) is 5.41 Å². The van der Waals surface area contributed by atoms with Crippen LogP contribution in [0.4, 0.5) is 18.3 Å². The van der Waals surface area contributed by atoms with Crippen LogP contribution in [0.5, 0.6) is 5.75 Å². The highest BCUT2D eigenvalue weighted by atomic mass is 32.1. The number of carbonyl (C=O) groups is 3. The second-order valence-corrected chi connectivity index (χ2v) is 7.25. The Labute approximate surface area is 190 Å². The van der Waals surface area contributed by atoms with Crippen molar-refractivity contribution in [3.05, 3.63) is 40.9 Å². The van der Waals surface area contributed by atoms with Crippen molar-refractivity contribution >= 4 is 40.2 Å². The molecule has 1 aromatic carbocycles. The van der Waals surface area contributed by atoms with E-state index in [1.54, 1.807) is 24.3 Å². The zero-order valence-electron chi connectivity index (χ0n) is 17.5. The number of nitrogen functional groups attached to an aromatic ring is 1. The number of carboxylic acids is 1. The highest BCUT2D eigenvalue weighted by Crippen LogP contribution is 2.23. The van der Waals surface area contributed by atoms with E-state index < -0.39 is 18.1 Å². The molecule has 0 saturated heterocycles. The molecule has 0 aliphatic carbocycles. The number of nitrogens with zero attached hydrogens (tertiary/aromatic N) is 2. The van der Waals surface area contributed by atoms with Crippen LogP contribution in [0.3, 0.4) is 0 Å². The molecule has 0 amide bonds. The van der Waals surface area contributed by atoms with Crippen molar-refractivity contribution < 1.29 is 42.1 Å². The number of amidine groups is 1. The first kappa shape index (κ1) is 27.4. The number of anilines is 1. The van der Waals surface area contributed by atoms with Crippen LogP contribution in [-0.4, -0.2) is 60.7 Å². The molecule has 1 aromatic heterocycles. The van der Waals surface area contributed by atoms with E-state index in [0.29, 0.717) is 40.7 Å². The van der Waals surface area contributed by atoms with Crippen LogP contribution in [0.2, 0.25) is 0 Å². The number of carbonyl (C=O) groups excluding carboxylic acids is 2. The molecule has 0 saturated carbocycles. The summed E-state index contributed by atoms with van der Waals surface area (Å²) in [6.45, 7) is 0.615. The van der Waals surface area contributed by atoms with Crippen LogP contribution in [0.25, 0.3) is 0 Å². The Kier molecular flexibility index (Phi) is 10.3. The lowest BCUT2D eigenvalue weighted by molar-refractivity contribution is -0.192. The van der Waals surface area contributed by atoms with Crippen LogP contribution in [0.15, 0.2) is 30.5 Å². The number of ether oxygens (including phenoxy) is 2. The maximum Gasteiger partial charge on any atom is 0.490 e. The number of halogens is 3. The van der Waals surface area contributed by atoms with Crippen molar-refractivity contribution in [2.75, 3.05) is 25.6 Å². The zero-order valence-corrected chi connectivity index (χ0v) is 18.3. The molecule has 33 heavy (non-hydrogen) atoms. The molecule has 10 nitrogen and oxygen atoms in total. The van der Waals surface area contributed by atoms with E-state index in [-0.39, 0.29) is 11.8 Å². The Balaban J connectivity index is 0.000000675. The maximum atomic E-state index is 12.2. The maximum absolute atomic E-state index is 12.2. The smallest absolute Gasteiger partial charge is 0.475 e. The summed E-state index contributed by atoms with van der Waals surface area (Å²) in [7, 11) is 3.20. The van der Waals surface area contributed by atoms with Gasteiger partial charge < -0.3 is 25.2 Å². The number of methoxy groups -OCH3 is 1. The van der Waals surface area contributed by atoms with E-state index in [2.05, 4.69) is 9.72 Å². The zero-order chi connectivity index (χ0) is 25.2. The minimum atomic E-state index is -5.08. The Hall–Kier alpha value is -3.68. The minimum Gasteiger partial charge on any atom is -0.475 e. The molecule has 0 radical (unpaired) electrons. The van der Waals surface area contributed by atoms with E-state index in [0.717, 1.165) is 0 Å². The number of nitrogens with one attached hydrogen (secondary N) is 1. The first-order valence-corrected chi connectivity index (χ1v) is 9.87. The van der Waals surface area contributed by atoms with Gasteiger partial charge in [-0.25, -0.2) is 14.6 Å². The molecule has 0 atom stereocenters. The Bertz CT molecular complexity index is 979. The fraction of sp³-hybridized carbons (Fsp3) is 0.316. The third-order valence-electron chi connectivity index (χ3n) is 3.74. The molecule has 0 bridgehead atoms. The molecule has 4 N–H and O–H groups in total. The number of carboxylic acid groups (broad SMARTS) is 1. The summed E-state index contributed by atoms with van der Waals surface area (Å²) in [5.74, 6) is -3.20. The SMILES string of the molecule is COC(=O)CCCN(C)c1ncc(C(=O)Oc2ccc(C(=N)N)cc2)s1.O=C(O)C(F)(F)F. The summed E-state index contributed by atoms with van der Waals surface area (Å²) in [5, 5.41) is 15.1. The Morgan fingerprint density at radius 1 is 1.24 bits per heavy atom. The average Bonchev–Trinajstić information content (AvgIpc) is 3.24. The Morgan fingerprint density at radius 3 is 2.30 bits per heavy atom. The van der Waals surface area contributed by atoms with E-state index >= 15 is 0 Å². The molecule has 0 unspecified atom stereocenters. The minimum absolute atomic E-state index is 0.0507. The molecule has 0 spiro atoms. The largest absolute Gasteiger partial charge is 0.490 e. The normalized spacial score (nSPS) is 10.5. The summed E-state index contributed by atoms with van der Waals surface area (Å²) in [6.07, 6.45) is -2.66. The molecule has 14 heteroatoms. The lowest BCUT2D eigenvalue weighted by Gasteiger charge is -2.14. The number of thiazole rings is 1. The Morgan fingerprint density at radius 2 is 1.82 bits per heavy atom. The third-order valence-corrected chi connectivity index (χ3v) is 4.83. The van der Waals surface area contributed by atoms with Gasteiger partial charge >= 0.3 is 24.1 Å². The van der Waals surface area contributed by atoms with Gasteiger partial charge in [-0.3, -0.25) is 10.2 Å². The fourth-order valence-electron chi connectivity index (χ4n) is 2.05. The van der Waals surface area contributed by atoms with Gasteiger partial charge in [-0.1, -0.05) is 11.3 Å². The molecule has 1 heterocycles. The summed E-state index contributed by atoms with van der Waals surface area (Å²) >= 11 is 1.21. The molecular formula is C19H21F3N4O6S. The van der Waals surface area contributed by atoms with Crippen molar-refractivity contribution in [1.82, 2.24) is 4.98 Å². The van der Waals surface area contributed by atoms with Crippen molar-refractivity contribution in [3.63, 3.8) is 0 Å². The number of rotatable bonds is 8. The summed E-state index contributed by atoms with van der Waals surface area (Å²) in [5.41, 5.74) is 5.94. The number of hydrogen-bond donors (Lipinski definition) is 3. The first-order chi connectivity index (χ1) is 15.3. The van der Waals surface area contributed by atoms with E-state index in [9.17, 15) is 22.8 Å². The second-order valence-electron chi connectivity index (χ2n) is 6.24. The molecule has 2 rings (SSSR count). The number of alkyl halides is 3. The summed E-state index contributed by atoms with van der Waals surface area (Å²) in [4.78, 5) is 38.7.